The van der Waals surface area contributed by atoms with Gasteiger partial charge in [-0.2, -0.15) is 0 Å². The van der Waals surface area contributed by atoms with Crippen LogP contribution in [-0.4, -0.2) is 18.0 Å². The minimum atomic E-state index is -2.40. The minimum absolute atomic E-state index is 0.320. The normalized spacial score (nSPS) is 10.5. The molecule has 0 saturated heterocycles. The number of alkyl halides is 2. The van der Waals surface area contributed by atoms with Crippen LogP contribution in [0.25, 0.3) is 0 Å². The average molecular weight is 187 g/mol. The van der Waals surface area contributed by atoms with Gasteiger partial charge in [-0.25, -0.2) is 13.8 Å². The molecule has 0 spiro atoms. The van der Waals surface area contributed by atoms with E-state index in [9.17, 15) is 8.78 Å². The Hall–Kier alpha value is -1.39. The Kier molecular flexibility index (Phi) is 3.00. The van der Waals surface area contributed by atoms with Gasteiger partial charge in [0.1, 0.15) is 5.82 Å². The predicted molar refractivity (Wildman–Crippen MR) is 47.9 cm³/mol. The van der Waals surface area contributed by atoms with Gasteiger partial charge in [-0.1, -0.05) is 0 Å². The third-order valence-corrected chi connectivity index (χ3v) is 1.63. The van der Waals surface area contributed by atoms with Crippen molar-refractivity contribution in [3.05, 3.63) is 17.8 Å². The fraction of sp³-hybridized carbons (Fsp3) is 0.375. The molecule has 0 unspecified atom stereocenters. The molecule has 1 heterocycles. The summed E-state index contributed by atoms with van der Waals surface area (Å²) < 4.78 is 23.6. The Morgan fingerprint density at radius 2 is 2.31 bits per heavy atom. The van der Waals surface area contributed by atoms with Crippen LogP contribution in [0.2, 0.25) is 0 Å². The van der Waals surface area contributed by atoms with Gasteiger partial charge in [-0.05, 0) is 18.6 Å². The van der Waals surface area contributed by atoms with Crippen molar-refractivity contribution in [3.8, 4) is 0 Å². The number of anilines is 2. The van der Waals surface area contributed by atoms with Gasteiger partial charge in [0.05, 0.1) is 12.2 Å². The van der Waals surface area contributed by atoms with Gasteiger partial charge >= 0.3 is 0 Å². The maximum atomic E-state index is 11.8. The highest BCUT2D eigenvalue weighted by atomic mass is 19.3. The van der Waals surface area contributed by atoms with Crippen molar-refractivity contribution in [1.82, 2.24) is 4.98 Å². The first-order chi connectivity index (χ1) is 6.11. The maximum Gasteiger partial charge on any atom is 0.255 e. The number of aromatic nitrogens is 1. The summed E-state index contributed by atoms with van der Waals surface area (Å²) in [6.45, 7) is 1.37. The summed E-state index contributed by atoms with van der Waals surface area (Å²) in [6, 6.07) is 1.73. The van der Waals surface area contributed by atoms with E-state index in [4.69, 9.17) is 5.73 Å². The van der Waals surface area contributed by atoms with E-state index in [0.717, 1.165) is 5.56 Å². The van der Waals surface area contributed by atoms with Crippen molar-refractivity contribution < 1.29 is 8.78 Å². The van der Waals surface area contributed by atoms with Gasteiger partial charge in [0.15, 0.2) is 0 Å². The molecule has 0 radical (unpaired) electrons. The first kappa shape index (κ1) is 9.70. The number of nitrogens with zero attached hydrogens (tertiary/aromatic N) is 1. The zero-order valence-electron chi connectivity index (χ0n) is 7.22. The fourth-order valence-corrected chi connectivity index (χ4v) is 0.884. The molecule has 0 fully saturated rings. The van der Waals surface area contributed by atoms with Crippen LogP contribution in [-0.2, 0) is 0 Å². The molecular formula is C8H11F2N3. The van der Waals surface area contributed by atoms with Crippen molar-refractivity contribution in [3.63, 3.8) is 0 Å². The standard InChI is InChI=1S/C8H11F2N3/c1-5-2-3-12-8(7(5)11)13-4-6(9)10/h2-3,6H,4,11H2,1H3,(H,12,13). The van der Waals surface area contributed by atoms with Crippen LogP contribution in [0.15, 0.2) is 12.3 Å². The van der Waals surface area contributed by atoms with E-state index in [2.05, 4.69) is 10.3 Å². The lowest BCUT2D eigenvalue weighted by Gasteiger charge is -2.08. The van der Waals surface area contributed by atoms with E-state index >= 15 is 0 Å². The Morgan fingerprint density at radius 3 is 2.92 bits per heavy atom. The quantitative estimate of drug-likeness (QED) is 0.756. The molecule has 1 rings (SSSR count). The number of aryl methyl sites for hydroxylation is 1. The number of hydrogen-bond acceptors (Lipinski definition) is 3. The second kappa shape index (κ2) is 4.02. The largest absolute Gasteiger partial charge is 0.396 e. The van der Waals surface area contributed by atoms with E-state index < -0.39 is 13.0 Å². The molecule has 5 heteroatoms. The van der Waals surface area contributed by atoms with Crippen molar-refractivity contribution >= 4 is 11.5 Å². The van der Waals surface area contributed by atoms with Crippen LogP contribution < -0.4 is 11.1 Å². The third-order valence-electron chi connectivity index (χ3n) is 1.63. The molecule has 0 bridgehead atoms. The zero-order chi connectivity index (χ0) is 9.84. The molecule has 72 valence electrons. The average Bonchev–Trinajstić information content (AvgIpc) is 2.07. The van der Waals surface area contributed by atoms with Crippen molar-refractivity contribution in [2.45, 2.75) is 13.3 Å². The summed E-state index contributed by atoms with van der Waals surface area (Å²) in [5.41, 5.74) is 6.84. The first-order valence-corrected chi connectivity index (χ1v) is 3.84. The van der Waals surface area contributed by atoms with Gasteiger partial charge in [0, 0.05) is 6.20 Å². The molecule has 1 aromatic heterocycles. The molecule has 0 aromatic carbocycles. The van der Waals surface area contributed by atoms with Gasteiger partial charge < -0.3 is 11.1 Å². The van der Waals surface area contributed by atoms with Crippen LogP contribution in [0.4, 0.5) is 20.3 Å². The lowest BCUT2D eigenvalue weighted by molar-refractivity contribution is 0.163. The van der Waals surface area contributed by atoms with Crippen molar-refractivity contribution in [1.29, 1.82) is 0 Å². The van der Waals surface area contributed by atoms with Gasteiger partial charge in [-0.15, -0.1) is 0 Å². The molecule has 0 atom stereocenters. The Balaban J connectivity index is 2.71. The summed E-state index contributed by atoms with van der Waals surface area (Å²) in [5, 5.41) is 2.47. The van der Waals surface area contributed by atoms with Crippen molar-refractivity contribution in [2.24, 2.45) is 0 Å². The summed E-state index contributed by atoms with van der Waals surface area (Å²) in [5.74, 6) is 0.320. The van der Waals surface area contributed by atoms with Crippen LogP contribution in [0.5, 0.6) is 0 Å². The Labute approximate surface area is 75.0 Å². The molecule has 0 amide bonds. The van der Waals surface area contributed by atoms with E-state index in [0.29, 0.717) is 11.5 Å². The lowest BCUT2D eigenvalue weighted by Crippen LogP contribution is -2.13. The molecule has 0 aliphatic heterocycles. The predicted octanol–water partition coefficient (Wildman–Crippen LogP) is 1.65. The monoisotopic (exact) mass is 187 g/mol. The summed E-state index contributed by atoms with van der Waals surface area (Å²) in [7, 11) is 0. The second-order valence-electron chi connectivity index (χ2n) is 2.66. The summed E-state index contributed by atoms with van der Waals surface area (Å²) >= 11 is 0. The van der Waals surface area contributed by atoms with E-state index in [1.807, 2.05) is 0 Å². The Bertz CT molecular complexity index is 289. The SMILES string of the molecule is Cc1ccnc(NCC(F)F)c1N. The fourth-order valence-electron chi connectivity index (χ4n) is 0.884. The third kappa shape index (κ3) is 2.54. The molecule has 13 heavy (non-hydrogen) atoms. The van der Waals surface area contributed by atoms with Gasteiger partial charge in [-0.3, -0.25) is 0 Å². The molecule has 0 aliphatic carbocycles. The lowest BCUT2D eigenvalue weighted by atomic mass is 10.2. The van der Waals surface area contributed by atoms with Gasteiger partial charge in [0.2, 0.25) is 0 Å². The topological polar surface area (TPSA) is 50.9 Å². The highest BCUT2D eigenvalue weighted by Gasteiger charge is 2.05. The molecule has 3 N–H and O–H groups in total. The number of nitrogen functional groups attached to an aromatic ring is 1. The highest BCUT2D eigenvalue weighted by molar-refractivity contribution is 5.64. The highest BCUT2D eigenvalue weighted by Crippen LogP contribution is 2.18. The van der Waals surface area contributed by atoms with E-state index in [1.165, 1.54) is 6.20 Å². The number of pyridine rings is 1. The van der Waals surface area contributed by atoms with Crippen LogP contribution in [0.1, 0.15) is 5.56 Å². The minimum Gasteiger partial charge on any atom is -0.396 e. The van der Waals surface area contributed by atoms with E-state index in [-0.39, 0.29) is 0 Å². The second-order valence-corrected chi connectivity index (χ2v) is 2.66. The maximum absolute atomic E-state index is 11.8. The Morgan fingerprint density at radius 1 is 1.62 bits per heavy atom. The molecule has 0 aliphatic rings. The number of rotatable bonds is 3. The van der Waals surface area contributed by atoms with E-state index in [1.54, 1.807) is 13.0 Å². The summed E-state index contributed by atoms with van der Waals surface area (Å²) in [6.07, 6.45) is -0.874. The van der Waals surface area contributed by atoms with Crippen LogP contribution in [0.3, 0.4) is 0 Å². The van der Waals surface area contributed by atoms with Crippen LogP contribution >= 0.6 is 0 Å². The molecule has 0 saturated carbocycles. The first-order valence-electron chi connectivity index (χ1n) is 3.84. The number of nitrogens with two attached hydrogens (primary N) is 1. The molecule has 1 aromatic rings. The zero-order valence-corrected chi connectivity index (χ0v) is 7.22. The van der Waals surface area contributed by atoms with Gasteiger partial charge in [0.25, 0.3) is 6.43 Å². The van der Waals surface area contributed by atoms with Crippen molar-refractivity contribution in [2.75, 3.05) is 17.6 Å². The smallest absolute Gasteiger partial charge is 0.255 e. The summed E-state index contributed by atoms with van der Waals surface area (Å²) in [4.78, 5) is 3.84. The number of halogens is 2. The van der Waals surface area contributed by atoms with Crippen LogP contribution in [0, 0.1) is 6.92 Å². The number of nitrogens with one attached hydrogen (secondary N) is 1. The molecule has 3 nitrogen and oxygen atoms in total. The number of hydrogen-bond donors (Lipinski definition) is 2. The molecular weight excluding hydrogens is 176 g/mol.